The maximum atomic E-state index is 12.9. The predicted octanol–water partition coefficient (Wildman–Crippen LogP) is 0.166. The van der Waals surface area contributed by atoms with Crippen LogP contribution >= 0.6 is 46.7 Å². The van der Waals surface area contributed by atoms with Gasteiger partial charge in [0.2, 0.25) is 5.91 Å². The Morgan fingerprint density at radius 3 is 2.63 bits per heavy atom. The van der Waals surface area contributed by atoms with Crippen molar-refractivity contribution in [3.05, 3.63) is 69.6 Å². The lowest BCUT2D eigenvalue weighted by Gasteiger charge is -2.50. The molecule has 0 aliphatic carbocycles. The minimum atomic E-state index is -1.46. The van der Waals surface area contributed by atoms with E-state index in [0.29, 0.717) is 44.9 Å². The summed E-state index contributed by atoms with van der Waals surface area (Å²) in [6, 6.07) is 7.29. The number of rotatable bonds is 10. The molecule has 2 aromatic rings. The van der Waals surface area contributed by atoms with Crippen molar-refractivity contribution in [1.82, 2.24) is 15.5 Å². The van der Waals surface area contributed by atoms with E-state index >= 15 is 0 Å². The van der Waals surface area contributed by atoms with Crippen LogP contribution in [0.4, 0.5) is 0 Å². The summed E-state index contributed by atoms with van der Waals surface area (Å²) in [5, 5.41) is 17.8. The van der Waals surface area contributed by atoms with E-state index in [1.165, 1.54) is 28.4 Å². The number of pyridine rings is 1. The van der Waals surface area contributed by atoms with Gasteiger partial charge in [0.15, 0.2) is 18.9 Å². The monoisotopic (exact) mass is 595 g/mol. The summed E-state index contributed by atoms with van der Waals surface area (Å²) in [5.74, 6) is -2.31. The number of hydrogen-bond donors (Lipinski definition) is 3. The molecule has 0 spiro atoms. The van der Waals surface area contributed by atoms with Crippen LogP contribution < -0.4 is 26.0 Å². The first-order valence-electron chi connectivity index (χ1n) is 11.4. The summed E-state index contributed by atoms with van der Waals surface area (Å²) in [7, 11) is 0. The number of amides is 3. The van der Waals surface area contributed by atoms with E-state index in [0.717, 1.165) is 0 Å². The van der Waals surface area contributed by atoms with Gasteiger partial charge in [0.25, 0.3) is 11.8 Å². The minimum Gasteiger partial charge on any atom is -0.543 e. The van der Waals surface area contributed by atoms with Gasteiger partial charge in [-0.2, -0.15) is 0 Å². The quantitative estimate of drug-likeness (QED) is 0.200. The molecule has 0 radical (unpaired) electrons. The fourth-order valence-electron chi connectivity index (χ4n) is 3.96. The molecule has 1 saturated heterocycles. The van der Waals surface area contributed by atoms with Crippen molar-refractivity contribution in [1.29, 1.82) is 0 Å². The minimum absolute atomic E-state index is 0.00649. The van der Waals surface area contributed by atoms with E-state index in [9.17, 15) is 24.3 Å². The second-order valence-corrected chi connectivity index (χ2v) is 11.3. The average Bonchev–Trinajstić information content (AvgIpc) is 2.90. The summed E-state index contributed by atoms with van der Waals surface area (Å²) in [4.78, 5) is 51.3. The SMILES string of the molecule is NCCNC(=O)c1cc[n+](CC2=C(C(=O)[O-])N3C(=O)[C@@H](NC(=O)CSc4cc(Cl)ccc4Cl)[C@H]3SC2)cc1. The molecule has 0 bridgehead atoms. The molecule has 4 N–H and O–H groups in total. The Morgan fingerprint density at radius 2 is 1.95 bits per heavy atom. The third kappa shape index (κ3) is 6.26. The molecule has 2 atom stereocenters. The molecule has 0 unspecified atom stereocenters. The van der Waals surface area contributed by atoms with Crippen molar-refractivity contribution in [2.24, 2.45) is 5.73 Å². The van der Waals surface area contributed by atoms with Crippen LogP contribution in [-0.2, 0) is 20.9 Å². The number of aromatic nitrogens is 1. The maximum absolute atomic E-state index is 12.9. The first-order valence-corrected chi connectivity index (χ1v) is 14.2. The van der Waals surface area contributed by atoms with Crippen LogP contribution in [0.5, 0.6) is 0 Å². The van der Waals surface area contributed by atoms with E-state index in [2.05, 4.69) is 10.6 Å². The Kier molecular flexibility index (Phi) is 9.21. The summed E-state index contributed by atoms with van der Waals surface area (Å²) in [6.45, 7) is 0.869. The Labute approximate surface area is 236 Å². The molecular weight excluding hydrogens is 573 g/mol. The number of thioether (sulfide) groups is 2. The smallest absolute Gasteiger partial charge is 0.253 e. The van der Waals surface area contributed by atoms with Crippen molar-refractivity contribution >= 4 is 70.4 Å². The molecule has 0 saturated carbocycles. The number of hydrogen-bond acceptors (Lipinski definition) is 8. The first kappa shape index (κ1) is 28.2. The number of β-lactam (4-membered cyclic amide) rings is 1. The van der Waals surface area contributed by atoms with E-state index in [1.54, 1.807) is 47.3 Å². The zero-order valence-electron chi connectivity index (χ0n) is 19.8. The molecule has 200 valence electrons. The number of benzene rings is 1. The van der Waals surface area contributed by atoms with Crippen LogP contribution in [-0.4, -0.2) is 64.6 Å². The summed E-state index contributed by atoms with van der Waals surface area (Å²) < 4.78 is 1.71. The van der Waals surface area contributed by atoms with Crippen molar-refractivity contribution in [2.75, 3.05) is 24.6 Å². The Balaban J connectivity index is 1.40. The molecule has 4 rings (SSSR count). The van der Waals surface area contributed by atoms with Crippen LogP contribution in [0.2, 0.25) is 10.0 Å². The number of halogens is 2. The largest absolute Gasteiger partial charge is 0.543 e. The van der Waals surface area contributed by atoms with E-state index < -0.39 is 23.3 Å². The third-order valence-corrected chi connectivity index (χ3v) is 8.84. The Morgan fingerprint density at radius 1 is 1.21 bits per heavy atom. The lowest BCUT2D eigenvalue weighted by atomic mass is 10.0. The number of carbonyl (C=O) groups excluding carboxylic acids is 4. The van der Waals surface area contributed by atoms with Crippen LogP contribution in [0.15, 0.2) is 58.9 Å². The second kappa shape index (κ2) is 12.4. The highest BCUT2D eigenvalue weighted by atomic mass is 35.5. The molecule has 10 nitrogen and oxygen atoms in total. The average molecular weight is 597 g/mol. The van der Waals surface area contributed by atoms with Crippen LogP contribution in [0, 0.1) is 0 Å². The molecule has 2 aliphatic rings. The van der Waals surface area contributed by atoms with E-state index in [4.69, 9.17) is 28.9 Å². The van der Waals surface area contributed by atoms with Gasteiger partial charge in [-0.05, 0) is 18.2 Å². The molecule has 1 aromatic carbocycles. The molecule has 38 heavy (non-hydrogen) atoms. The van der Waals surface area contributed by atoms with Gasteiger partial charge in [0.05, 0.1) is 28.0 Å². The molecule has 3 amide bonds. The van der Waals surface area contributed by atoms with Gasteiger partial charge >= 0.3 is 0 Å². The van der Waals surface area contributed by atoms with Gasteiger partial charge < -0.3 is 26.3 Å². The third-order valence-electron chi connectivity index (χ3n) is 5.77. The number of aliphatic carboxylic acids is 1. The second-order valence-electron chi connectivity index (χ2n) is 8.36. The number of nitrogens with one attached hydrogen (secondary N) is 2. The van der Waals surface area contributed by atoms with Gasteiger partial charge in [-0.3, -0.25) is 19.3 Å². The number of carboxylic acid groups (broad SMARTS) is 1. The predicted molar refractivity (Wildman–Crippen MR) is 142 cm³/mol. The van der Waals surface area contributed by atoms with Gasteiger partial charge in [0, 0.05) is 46.5 Å². The Bertz CT molecular complexity index is 1310. The molecular formula is C24H23Cl2N5O5S2. The number of fused-ring (bicyclic) bond motifs is 1. The fraction of sp³-hybridized carbons (Fsp3) is 0.292. The van der Waals surface area contributed by atoms with Gasteiger partial charge in [0.1, 0.15) is 11.4 Å². The van der Waals surface area contributed by atoms with Crippen molar-refractivity contribution in [3.63, 3.8) is 0 Å². The summed E-state index contributed by atoms with van der Waals surface area (Å²) >= 11 is 14.6. The first-order chi connectivity index (χ1) is 18.2. The highest BCUT2D eigenvalue weighted by Gasteiger charge is 2.53. The molecule has 14 heteroatoms. The standard InChI is InChI=1S/C24H23Cl2N5O5S2/c25-15-1-2-16(26)17(9-15)37-12-18(32)29-19-22(34)31-20(24(35)36)14(11-38-23(19)31)10-30-7-3-13(4-8-30)21(33)28-6-5-27/h1-4,7-9,19,23H,5-6,10-12,27H2,(H2-,28,29,32,33,35,36)/t19-,23-/m1/s1. The topological polar surface area (TPSA) is 149 Å². The van der Waals surface area contributed by atoms with E-state index in [-0.39, 0.29) is 29.8 Å². The number of nitrogens with zero attached hydrogens (tertiary/aromatic N) is 2. The van der Waals surface area contributed by atoms with Gasteiger partial charge in [-0.25, -0.2) is 4.57 Å². The van der Waals surface area contributed by atoms with Crippen molar-refractivity contribution in [3.8, 4) is 0 Å². The van der Waals surface area contributed by atoms with E-state index in [1.807, 2.05) is 0 Å². The molecule has 2 aliphatic heterocycles. The normalized spacial score (nSPS) is 18.5. The lowest BCUT2D eigenvalue weighted by molar-refractivity contribution is -0.689. The number of nitrogens with two attached hydrogens (primary N) is 1. The molecule has 1 fully saturated rings. The highest BCUT2D eigenvalue weighted by molar-refractivity contribution is 8.00. The van der Waals surface area contributed by atoms with Crippen LogP contribution in [0.3, 0.4) is 0 Å². The van der Waals surface area contributed by atoms with Gasteiger partial charge in [-0.15, -0.1) is 23.5 Å². The van der Waals surface area contributed by atoms with Crippen molar-refractivity contribution < 1.29 is 28.9 Å². The summed E-state index contributed by atoms with van der Waals surface area (Å²) in [6.07, 6.45) is 3.30. The molecule has 1 aromatic heterocycles. The lowest BCUT2D eigenvalue weighted by Crippen LogP contribution is -2.71. The van der Waals surface area contributed by atoms with Crippen LogP contribution in [0.1, 0.15) is 10.4 Å². The summed E-state index contributed by atoms with van der Waals surface area (Å²) in [5.41, 5.74) is 6.13. The zero-order chi connectivity index (χ0) is 27.4. The molecule has 3 heterocycles. The zero-order valence-corrected chi connectivity index (χ0v) is 23.0. The highest BCUT2D eigenvalue weighted by Crippen LogP contribution is 2.40. The Hall–Kier alpha value is -2.77. The maximum Gasteiger partial charge on any atom is 0.253 e. The number of carbonyl (C=O) groups is 4. The number of carboxylic acids is 1. The van der Waals surface area contributed by atoms with Crippen molar-refractivity contribution in [2.45, 2.75) is 22.9 Å². The van der Waals surface area contributed by atoms with Gasteiger partial charge in [-0.1, -0.05) is 23.2 Å². The van der Waals surface area contributed by atoms with Crippen LogP contribution in [0.25, 0.3) is 0 Å². The fourth-order valence-corrected chi connectivity index (χ4v) is 6.60.